The van der Waals surface area contributed by atoms with Gasteiger partial charge in [-0.2, -0.15) is 5.10 Å². The number of halogens is 1. The third-order valence-corrected chi connectivity index (χ3v) is 3.56. The van der Waals surface area contributed by atoms with Crippen LogP contribution >= 0.6 is 11.6 Å². The highest BCUT2D eigenvalue weighted by Gasteiger charge is 2.09. The Morgan fingerprint density at radius 2 is 2.37 bits per heavy atom. The number of nitrogens with zero attached hydrogens (tertiary/aromatic N) is 2. The van der Waals surface area contributed by atoms with Crippen molar-refractivity contribution in [1.82, 2.24) is 9.78 Å². The summed E-state index contributed by atoms with van der Waals surface area (Å²) in [6, 6.07) is 0. The molecule has 0 amide bonds. The van der Waals surface area contributed by atoms with Gasteiger partial charge in [0, 0.05) is 6.54 Å². The van der Waals surface area contributed by atoms with Gasteiger partial charge in [0.1, 0.15) is 5.02 Å². The minimum absolute atomic E-state index is 0.129. The zero-order valence-electron chi connectivity index (χ0n) is 10.7. The Morgan fingerprint density at radius 3 is 3.05 bits per heavy atom. The van der Waals surface area contributed by atoms with Crippen LogP contribution in [-0.4, -0.2) is 28.0 Å². The molecular formula is C13H18ClN3O2. The van der Waals surface area contributed by atoms with Crippen LogP contribution in [0.4, 0.5) is 5.69 Å². The maximum atomic E-state index is 11.8. The van der Waals surface area contributed by atoms with Gasteiger partial charge in [-0.1, -0.05) is 23.3 Å². The van der Waals surface area contributed by atoms with Gasteiger partial charge in [-0.05, 0) is 25.7 Å². The monoisotopic (exact) mass is 283 g/mol. The van der Waals surface area contributed by atoms with Crippen LogP contribution in [0.5, 0.6) is 0 Å². The number of hydrogen-bond acceptors (Lipinski definition) is 4. The van der Waals surface area contributed by atoms with Crippen molar-refractivity contribution < 1.29 is 5.11 Å². The first-order chi connectivity index (χ1) is 9.22. The van der Waals surface area contributed by atoms with Crippen LogP contribution in [0, 0.1) is 0 Å². The van der Waals surface area contributed by atoms with E-state index in [2.05, 4.69) is 16.5 Å². The highest BCUT2D eigenvalue weighted by Crippen LogP contribution is 2.21. The van der Waals surface area contributed by atoms with Crippen LogP contribution < -0.4 is 10.9 Å². The molecule has 0 saturated heterocycles. The lowest BCUT2D eigenvalue weighted by atomic mass is 10.2. The maximum absolute atomic E-state index is 11.8. The van der Waals surface area contributed by atoms with Crippen LogP contribution in [0.25, 0.3) is 0 Å². The standard InChI is InChI=1S/C13H18ClN3O2/c14-12-11(9-16-17(7-8-18)13(12)19)15-6-5-10-3-1-2-4-10/h3,9,15,18H,1-2,4-8H2. The Hall–Kier alpha value is -1.33. The van der Waals surface area contributed by atoms with E-state index < -0.39 is 0 Å². The first-order valence-corrected chi connectivity index (χ1v) is 6.88. The summed E-state index contributed by atoms with van der Waals surface area (Å²) in [5.74, 6) is 0. The number of aliphatic hydroxyl groups is 1. The minimum atomic E-state index is -0.374. The molecule has 0 aliphatic heterocycles. The molecule has 0 unspecified atom stereocenters. The zero-order chi connectivity index (χ0) is 13.7. The molecule has 2 rings (SSSR count). The first kappa shape index (κ1) is 14.1. The topological polar surface area (TPSA) is 67.2 Å². The van der Waals surface area contributed by atoms with E-state index in [1.807, 2.05) is 0 Å². The van der Waals surface area contributed by atoms with Crippen LogP contribution in [0.1, 0.15) is 25.7 Å². The van der Waals surface area contributed by atoms with Crippen LogP contribution in [0.15, 0.2) is 22.6 Å². The summed E-state index contributed by atoms with van der Waals surface area (Å²) in [7, 11) is 0. The van der Waals surface area contributed by atoms with Crippen molar-refractivity contribution >= 4 is 17.3 Å². The Labute approximate surface area is 116 Å². The predicted molar refractivity (Wildman–Crippen MR) is 75.6 cm³/mol. The van der Waals surface area contributed by atoms with Crippen molar-refractivity contribution in [2.45, 2.75) is 32.2 Å². The van der Waals surface area contributed by atoms with Crippen molar-refractivity contribution in [1.29, 1.82) is 0 Å². The lowest BCUT2D eigenvalue weighted by molar-refractivity contribution is 0.266. The lowest BCUT2D eigenvalue weighted by Gasteiger charge is -2.10. The largest absolute Gasteiger partial charge is 0.394 e. The minimum Gasteiger partial charge on any atom is -0.394 e. The van der Waals surface area contributed by atoms with E-state index in [1.54, 1.807) is 0 Å². The molecule has 104 valence electrons. The van der Waals surface area contributed by atoms with Gasteiger partial charge in [-0.15, -0.1) is 0 Å². The van der Waals surface area contributed by atoms with Crippen molar-refractivity contribution in [3.63, 3.8) is 0 Å². The van der Waals surface area contributed by atoms with E-state index in [1.165, 1.54) is 31.0 Å². The molecule has 0 fully saturated rings. The second-order valence-corrected chi connectivity index (χ2v) is 4.93. The second-order valence-electron chi connectivity index (χ2n) is 4.56. The molecule has 0 bridgehead atoms. The third-order valence-electron chi connectivity index (χ3n) is 3.19. The Balaban J connectivity index is 1.96. The molecule has 0 spiro atoms. The van der Waals surface area contributed by atoms with Crippen LogP contribution in [-0.2, 0) is 6.54 Å². The fourth-order valence-electron chi connectivity index (χ4n) is 2.16. The molecule has 6 heteroatoms. The van der Waals surface area contributed by atoms with E-state index in [0.717, 1.165) is 17.6 Å². The van der Waals surface area contributed by atoms with Gasteiger partial charge in [0.15, 0.2) is 0 Å². The molecule has 0 atom stereocenters. The Morgan fingerprint density at radius 1 is 1.53 bits per heavy atom. The quantitative estimate of drug-likeness (QED) is 0.781. The number of aromatic nitrogens is 2. The average molecular weight is 284 g/mol. The zero-order valence-corrected chi connectivity index (χ0v) is 11.5. The van der Waals surface area contributed by atoms with Gasteiger partial charge in [0.2, 0.25) is 0 Å². The van der Waals surface area contributed by atoms with E-state index in [0.29, 0.717) is 5.69 Å². The lowest BCUT2D eigenvalue weighted by Crippen LogP contribution is -2.25. The summed E-state index contributed by atoms with van der Waals surface area (Å²) < 4.78 is 1.16. The second kappa shape index (κ2) is 6.73. The molecule has 1 aromatic heterocycles. The SMILES string of the molecule is O=c1c(Cl)c(NCCC2=CCCC2)cnn1CCO. The van der Waals surface area contributed by atoms with E-state index in [9.17, 15) is 4.79 Å². The molecule has 2 N–H and O–H groups in total. The molecule has 1 aliphatic carbocycles. The van der Waals surface area contributed by atoms with E-state index in [4.69, 9.17) is 16.7 Å². The number of nitrogens with one attached hydrogen (secondary N) is 1. The first-order valence-electron chi connectivity index (χ1n) is 6.50. The average Bonchev–Trinajstić information content (AvgIpc) is 2.91. The number of hydrogen-bond donors (Lipinski definition) is 2. The maximum Gasteiger partial charge on any atom is 0.287 e. The molecule has 5 nitrogen and oxygen atoms in total. The summed E-state index contributed by atoms with van der Waals surface area (Å²) in [6.07, 6.45) is 8.37. The summed E-state index contributed by atoms with van der Waals surface area (Å²) >= 11 is 6.00. The van der Waals surface area contributed by atoms with Gasteiger partial charge in [-0.25, -0.2) is 4.68 Å². The molecule has 0 aromatic carbocycles. The molecule has 0 radical (unpaired) electrons. The fourth-order valence-corrected chi connectivity index (χ4v) is 2.38. The summed E-state index contributed by atoms with van der Waals surface area (Å²) in [6.45, 7) is 0.770. The molecule has 19 heavy (non-hydrogen) atoms. The molecule has 1 heterocycles. The van der Waals surface area contributed by atoms with E-state index >= 15 is 0 Å². The number of anilines is 1. The number of rotatable bonds is 6. The highest BCUT2D eigenvalue weighted by atomic mass is 35.5. The number of allylic oxidation sites excluding steroid dienone is 1. The number of aliphatic hydroxyl groups excluding tert-OH is 1. The highest BCUT2D eigenvalue weighted by molar-refractivity contribution is 6.32. The Kier molecular flexibility index (Phi) is 4.99. The summed E-state index contributed by atoms with van der Waals surface area (Å²) in [4.78, 5) is 11.8. The molecule has 1 aliphatic rings. The van der Waals surface area contributed by atoms with Crippen LogP contribution in [0.3, 0.4) is 0 Å². The van der Waals surface area contributed by atoms with Crippen LogP contribution in [0.2, 0.25) is 5.02 Å². The normalized spacial score (nSPS) is 14.5. The van der Waals surface area contributed by atoms with Gasteiger partial charge in [0.05, 0.1) is 25.0 Å². The molecule has 0 saturated carbocycles. The Bertz CT molecular complexity index is 525. The van der Waals surface area contributed by atoms with Crippen molar-refractivity contribution in [2.75, 3.05) is 18.5 Å². The molecule has 1 aromatic rings. The van der Waals surface area contributed by atoms with Crippen molar-refractivity contribution in [3.8, 4) is 0 Å². The molecular weight excluding hydrogens is 266 g/mol. The van der Waals surface area contributed by atoms with Gasteiger partial charge >= 0.3 is 0 Å². The smallest absolute Gasteiger partial charge is 0.287 e. The van der Waals surface area contributed by atoms with Gasteiger partial charge in [-0.3, -0.25) is 4.79 Å². The fraction of sp³-hybridized carbons (Fsp3) is 0.538. The van der Waals surface area contributed by atoms with E-state index in [-0.39, 0.29) is 23.7 Å². The van der Waals surface area contributed by atoms with Crippen molar-refractivity contribution in [3.05, 3.63) is 33.2 Å². The van der Waals surface area contributed by atoms with Gasteiger partial charge in [0.25, 0.3) is 5.56 Å². The van der Waals surface area contributed by atoms with Gasteiger partial charge < -0.3 is 10.4 Å². The summed E-state index contributed by atoms with van der Waals surface area (Å²) in [5.41, 5.74) is 1.64. The summed E-state index contributed by atoms with van der Waals surface area (Å²) in [5, 5.41) is 16.0. The predicted octanol–water partition coefficient (Wildman–Crippen LogP) is 1.80. The third kappa shape index (κ3) is 3.58. The van der Waals surface area contributed by atoms with Crippen molar-refractivity contribution in [2.24, 2.45) is 0 Å².